The first-order valence-corrected chi connectivity index (χ1v) is 14.0. The lowest BCUT2D eigenvalue weighted by Crippen LogP contribution is -2.39. The minimum absolute atomic E-state index is 0.0136. The number of piperidine rings is 1. The van der Waals surface area contributed by atoms with E-state index in [9.17, 15) is 27.5 Å². The zero-order valence-corrected chi connectivity index (χ0v) is 22.6. The number of aromatic nitrogens is 3. The van der Waals surface area contributed by atoms with Crippen LogP contribution in [0.3, 0.4) is 0 Å². The minimum Gasteiger partial charge on any atom is -0.480 e. The Balaban J connectivity index is 1.29. The number of ether oxygens (including phenoxy) is 1. The summed E-state index contributed by atoms with van der Waals surface area (Å²) in [6.45, 7) is 1.99. The third-order valence-electron chi connectivity index (χ3n) is 7.81. The highest BCUT2D eigenvalue weighted by molar-refractivity contribution is 7.13. The van der Waals surface area contributed by atoms with E-state index in [2.05, 4.69) is 15.0 Å². The number of carboxylic acids is 1. The van der Waals surface area contributed by atoms with Crippen LogP contribution in [-0.4, -0.2) is 63.2 Å². The molecular formula is C26H24ClF4N5O3S. The highest BCUT2D eigenvalue weighted by atomic mass is 35.5. The van der Waals surface area contributed by atoms with Gasteiger partial charge in [-0.1, -0.05) is 17.7 Å². The third kappa shape index (κ3) is 4.83. The Morgan fingerprint density at radius 1 is 1.20 bits per heavy atom. The van der Waals surface area contributed by atoms with E-state index in [4.69, 9.17) is 16.3 Å². The number of aliphatic carboxylic acids is 1. The fourth-order valence-electron chi connectivity index (χ4n) is 5.74. The Morgan fingerprint density at radius 3 is 2.70 bits per heavy atom. The van der Waals surface area contributed by atoms with E-state index in [1.807, 2.05) is 11.8 Å². The van der Waals surface area contributed by atoms with Gasteiger partial charge in [-0.3, -0.25) is 0 Å². The van der Waals surface area contributed by atoms with Gasteiger partial charge < -0.3 is 19.6 Å². The molecule has 0 spiro atoms. The molecule has 1 aliphatic carbocycles. The number of thiophene rings is 1. The molecule has 0 aromatic carbocycles. The molecule has 0 amide bonds. The van der Waals surface area contributed by atoms with Crippen LogP contribution in [0.15, 0.2) is 35.8 Å². The molecule has 14 heteroatoms. The molecule has 1 saturated carbocycles. The van der Waals surface area contributed by atoms with Gasteiger partial charge in [0.05, 0.1) is 22.1 Å². The van der Waals surface area contributed by atoms with Gasteiger partial charge in [-0.25, -0.2) is 37.3 Å². The first-order valence-electron chi connectivity index (χ1n) is 12.7. The SMILES string of the molecule is C[C@H]1CC2C(CN1c1cc(Cl)cnc1O[C@H]1C[C@@H](C(=O)O)N(c3cc(-c4cccs4)nc(C(F)F)n3)C1)C2(F)F. The maximum atomic E-state index is 14.2. The molecule has 2 aliphatic heterocycles. The van der Waals surface area contributed by atoms with E-state index < -0.39 is 48.1 Å². The highest BCUT2D eigenvalue weighted by Gasteiger charge is 2.70. The van der Waals surface area contributed by atoms with Gasteiger partial charge in [0, 0.05) is 43.1 Å². The Morgan fingerprint density at radius 2 is 2.00 bits per heavy atom. The Hall–Kier alpha value is -3.19. The van der Waals surface area contributed by atoms with Crippen LogP contribution in [0.4, 0.5) is 29.1 Å². The second-order valence-electron chi connectivity index (χ2n) is 10.3. The van der Waals surface area contributed by atoms with Gasteiger partial charge in [-0.15, -0.1) is 11.3 Å². The Labute approximate surface area is 235 Å². The average molecular weight is 598 g/mol. The number of carbonyl (C=O) groups is 1. The normalized spacial score (nSPS) is 27.1. The molecule has 6 rings (SSSR count). The standard InChI is InChI=1S/C26H24ClF4N5O3S/c1-12-5-15-16(26(15,30)31)11-35(12)18-6-13(27)9-32-24(18)39-14-7-19(25(37)38)36(10-14)21-8-17(20-3-2-4-40-20)33-23(34-21)22(28)29/h2-4,6,8-9,12,14-16,19,22H,5,7,10-11H2,1H3,(H,37,38)/t12-,14-,15?,16?,19-/m0/s1. The van der Waals surface area contributed by atoms with Crippen LogP contribution in [-0.2, 0) is 4.79 Å². The molecule has 5 atom stereocenters. The topological polar surface area (TPSA) is 91.7 Å². The molecular weight excluding hydrogens is 574 g/mol. The van der Waals surface area contributed by atoms with E-state index in [0.717, 1.165) is 0 Å². The fourth-order valence-corrected chi connectivity index (χ4v) is 6.58. The van der Waals surface area contributed by atoms with Gasteiger partial charge in [-0.05, 0) is 30.9 Å². The first-order chi connectivity index (χ1) is 19.0. The summed E-state index contributed by atoms with van der Waals surface area (Å²) in [6, 6.07) is 5.25. The number of hydrogen-bond donors (Lipinski definition) is 1. The quantitative estimate of drug-likeness (QED) is 0.343. The number of fused-ring (bicyclic) bond motifs is 1. The third-order valence-corrected chi connectivity index (χ3v) is 8.91. The number of alkyl halides is 4. The highest BCUT2D eigenvalue weighted by Crippen LogP contribution is 2.61. The van der Waals surface area contributed by atoms with Crippen molar-refractivity contribution in [1.29, 1.82) is 0 Å². The van der Waals surface area contributed by atoms with Crippen molar-refractivity contribution in [2.24, 2.45) is 11.8 Å². The lowest BCUT2D eigenvalue weighted by atomic mass is 10.0. The van der Waals surface area contributed by atoms with E-state index in [0.29, 0.717) is 22.0 Å². The molecule has 1 N–H and O–H groups in total. The molecule has 0 radical (unpaired) electrons. The van der Waals surface area contributed by atoms with Gasteiger partial charge in [0.1, 0.15) is 23.7 Å². The van der Waals surface area contributed by atoms with Gasteiger partial charge in [0.25, 0.3) is 12.3 Å². The fraction of sp³-hybridized carbons (Fsp3) is 0.462. The molecule has 3 fully saturated rings. The molecule has 40 heavy (non-hydrogen) atoms. The second-order valence-corrected chi connectivity index (χ2v) is 11.7. The average Bonchev–Trinajstić information content (AvgIpc) is 3.36. The maximum Gasteiger partial charge on any atom is 0.326 e. The number of anilines is 2. The van der Waals surface area contributed by atoms with Gasteiger partial charge in [-0.2, -0.15) is 0 Å². The minimum atomic E-state index is -2.96. The summed E-state index contributed by atoms with van der Waals surface area (Å²) in [5.74, 6) is -5.78. The van der Waals surface area contributed by atoms with Crippen molar-refractivity contribution in [2.45, 2.75) is 50.3 Å². The van der Waals surface area contributed by atoms with E-state index in [1.54, 1.807) is 23.6 Å². The van der Waals surface area contributed by atoms with Crippen LogP contribution in [0, 0.1) is 11.8 Å². The second kappa shape index (κ2) is 10.0. The van der Waals surface area contributed by atoms with Crippen molar-refractivity contribution in [3.8, 4) is 16.5 Å². The van der Waals surface area contributed by atoms with Crippen molar-refractivity contribution in [1.82, 2.24) is 15.0 Å². The predicted molar refractivity (Wildman–Crippen MR) is 141 cm³/mol. The number of hydrogen-bond acceptors (Lipinski definition) is 8. The lowest BCUT2D eigenvalue weighted by Gasteiger charge is -2.35. The van der Waals surface area contributed by atoms with Crippen molar-refractivity contribution in [3.05, 3.63) is 46.7 Å². The smallest absolute Gasteiger partial charge is 0.326 e. The Kier molecular flexibility index (Phi) is 6.76. The maximum absolute atomic E-state index is 14.2. The van der Waals surface area contributed by atoms with E-state index >= 15 is 0 Å². The van der Waals surface area contributed by atoms with E-state index in [-0.39, 0.29) is 42.9 Å². The first kappa shape index (κ1) is 27.0. The van der Waals surface area contributed by atoms with Crippen LogP contribution in [0.1, 0.15) is 32.0 Å². The number of carboxylic acid groups (broad SMARTS) is 1. The van der Waals surface area contributed by atoms with Crippen LogP contribution in [0.2, 0.25) is 5.02 Å². The summed E-state index contributed by atoms with van der Waals surface area (Å²) in [7, 11) is 0. The summed E-state index contributed by atoms with van der Waals surface area (Å²) < 4.78 is 61.9. The van der Waals surface area contributed by atoms with Gasteiger partial charge >= 0.3 is 5.97 Å². The van der Waals surface area contributed by atoms with E-state index in [1.165, 1.54) is 28.5 Å². The number of halogens is 5. The molecule has 2 unspecified atom stereocenters. The zero-order chi connectivity index (χ0) is 28.3. The van der Waals surface area contributed by atoms with Gasteiger partial charge in [0.15, 0.2) is 5.82 Å². The summed E-state index contributed by atoms with van der Waals surface area (Å²) in [6.07, 6.45) is -1.97. The molecule has 2 saturated heterocycles. The number of pyridine rings is 1. The Bertz CT molecular complexity index is 1430. The van der Waals surface area contributed by atoms with Crippen molar-refractivity contribution in [2.75, 3.05) is 22.9 Å². The molecule has 212 valence electrons. The van der Waals surface area contributed by atoms with Crippen LogP contribution < -0.4 is 14.5 Å². The van der Waals surface area contributed by atoms with Crippen molar-refractivity contribution < 1.29 is 32.2 Å². The lowest BCUT2D eigenvalue weighted by molar-refractivity contribution is -0.138. The van der Waals surface area contributed by atoms with Crippen molar-refractivity contribution >= 4 is 40.4 Å². The number of nitrogens with zero attached hydrogens (tertiary/aromatic N) is 5. The molecule has 3 aliphatic rings. The molecule has 8 nitrogen and oxygen atoms in total. The van der Waals surface area contributed by atoms with Crippen LogP contribution in [0.5, 0.6) is 5.88 Å². The number of rotatable bonds is 7. The van der Waals surface area contributed by atoms with Crippen molar-refractivity contribution in [3.63, 3.8) is 0 Å². The summed E-state index contributed by atoms with van der Waals surface area (Å²) in [5.41, 5.74) is 0.716. The zero-order valence-electron chi connectivity index (χ0n) is 21.1. The summed E-state index contributed by atoms with van der Waals surface area (Å²) in [4.78, 5) is 28.3. The summed E-state index contributed by atoms with van der Waals surface area (Å²) >= 11 is 7.53. The summed E-state index contributed by atoms with van der Waals surface area (Å²) in [5, 5.41) is 12.1. The molecule has 3 aromatic rings. The molecule has 0 bridgehead atoms. The largest absolute Gasteiger partial charge is 0.480 e. The van der Waals surface area contributed by atoms with Crippen LogP contribution in [0.25, 0.3) is 10.6 Å². The molecule has 5 heterocycles. The predicted octanol–water partition coefficient (Wildman–Crippen LogP) is 5.78. The van der Waals surface area contributed by atoms with Crippen LogP contribution >= 0.6 is 22.9 Å². The van der Waals surface area contributed by atoms with Gasteiger partial charge in [0.2, 0.25) is 5.88 Å². The monoisotopic (exact) mass is 597 g/mol. The molecule has 3 aromatic heterocycles.